The van der Waals surface area contributed by atoms with Crippen molar-refractivity contribution in [3.05, 3.63) is 88.3 Å². The van der Waals surface area contributed by atoms with Gasteiger partial charge in [-0.1, -0.05) is 41.4 Å². The van der Waals surface area contributed by atoms with E-state index in [0.29, 0.717) is 22.0 Å². The van der Waals surface area contributed by atoms with E-state index in [0.717, 1.165) is 11.1 Å². The molecule has 0 radical (unpaired) electrons. The van der Waals surface area contributed by atoms with E-state index < -0.39 is 5.82 Å². The lowest BCUT2D eigenvalue weighted by Crippen LogP contribution is -1.99. The van der Waals surface area contributed by atoms with Gasteiger partial charge in [-0.25, -0.2) is 4.39 Å². The van der Waals surface area contributed by atoms with Crippen molar-refractivity contribution in [2.45, 2.75) is 6.61 Å². The van der Waals surface area contributed by atoms with Crippen molar-refractivity contribution in [1.29, 1.82) is 0 Å². The Kier molecular flexibility index (Phi) is 5.43. The molecule has 2 N–H and O–H groups in total. The summed E-state index contributed by atoms with van der Waals surface area (Å²) >= 11 is 12.0. The Morgan fingerprint density at radius 3 is 2.52 bits per heavy atom. The van der Waals surface area contributed by atoms with Gasteiger partial charge < -0.3 is 9.84 Å². The van der Waals surface area contributed by atoms with Gasteiger partial charge in [0.1, 0.15) is 23.9 Å². The van der Waals surface area contributed by atoms with E-state index in [1.54, 1.807) is 36.5 Å². The summed E-state index contributed by atoms with van der Waals surface area (Å²) in [5.41, 5.74) is 3.21. The fraction of sp³-hybridized carbons (Fsp3) is 0.0455. The molecule has 0 aliphatic heterocycles. The molecule has 7 heteroatoms. The van der Waals surface area contributed by atoms with Crippen molar-refractivity contribution in [1.82, 2.24) is 10.2 Å². The normalized spacial score (nSPS) is 10.9. The molecule has 0 amide bonds. The van der Waals surface area contributed by atoms with Crippen molar-refractivity contribution in [2.75, 3.05) is 0 Å². The number of phenolic OH excluding ortho intramolecular Hbond substituents is 1. The van der Waals surface area contributed by atoms with Gasteiger partial charge in [-0.15, -0.1) is 0 Å². The Morgan fingerprint density at radius 1 is 1.00 bits per heavy atom. The SMILES string of the molecule is Oc1cc(OCc2c(F)cccc2Cl)ccc1-c1[nH]ncc1-c1ccc(Cl)cc1. The minimum absolute atomic E-state index is 0.00148. The second kappa shape index (κ2) is 8.15. The Balaban J connectivity index is 1.59. The van der Waals surface area contributed by atoms with Crippen LogP contribution in [-0.4, -0.2) is 15.3 Å². The van der Waals surface area contributed by atoms with Crippen LogP contribution in [0.1, 0.15) is 5.56 Å². The second-order valence-corrected chi connectivity index (χ2v) is 7.18. The van der Waals surface area contributed by atoms with E-state index >= 15 is 0 Å². The van der Waals surface area contributed by atoms with Gasteiger partial charge in [-0.05, 0) is 42.0 Å². The number of aromatic hydroxyl groups is 1. The van der Waals surface area contributed by atoms with E-state index in [2.05, 4.69) is 10.2 Å². The molecule has 3 aromatic carbocycles. The molecular weight excluding hydrogens is 414 g/mol. The lowest BCUT2D eigenvalue weighted by molar-refractivity contribution is 0.298. The smallest absolute Gasteiger partial charge is 0.131 e. The quantitative estimate of drug-likeness (QED) is 0.382. The molecule has 1 heterocycles. The number of phenols is 1. The van der Waals surface area contributed by atoms with Crippen LogP contribution in [0.4, 0.5) is 4.39 Å². The molecule has 1 aromatic heterocycles. The van der Waals surface area contributed by atoms with E-state index in [-0.39, 0.29) is 22.9 Å². The van der Waals surface area contributed by atoms with E-state index in [9.17, 15) is 9.50 Å². The zero-order valence-electron chi connectivity index (χ0n) is 15.0. The van der Waals surface area contributed by atoms with Gasteiger partial charge in [-0.3, -0.25) is 5.10 Å². The lowest BCUT2D eigenvalue weighted by atomic mass is 10.0. The summed E-state index contributed by atoms with van der Waals surface area (Å²) in [4.78, 5) is 0. The molecule has 0 aliphatic rings. The number of nitrogens with zero attached hydrogens (tertiary/aromatic N) is 1. The van der Waals surface area contributed by atoms with Crippen molar-refractivity contribution < 1.29 is 14.2 Å². The summed E-state index contributed by atoms with van der Waals surface area (Å²) in [6, 6.07) is 16.7. The Hall–Kier alpha value is -3.02. The highest BCUT2D eigenvalue weighted by atomic mass is 35.5. The second-order valence-electron chi connectivity index (χ2n) is 6.33. The molecule has 4 aromatic rings. The Bertz CT molecular complexity index is 1140. The average Bonchev–Trinajstić information content (AvgIpc) is 3.18. The highest BCUT2D eigenvalue weighted by Gasteiger charge is 2.15. The molecule has 0 spiro atoms. The number of aromatic amines is 1. The Morgan fingerprint density at radius 2 is 1.79 bits per heavy atom. The van der Waals surface area contributed by atoms with Gasteiger partial charge in [0.2, 0.25) is 0 Å². The van der Waals surface area contributed by atoms with Crippen molar-refractivity contribution in [2.24, 2.45) is 0 Å². The van der Waals surface area contributed by atoms with Crippen molar-refractivity contribution in [3.63, 3.8) is 0 Å². The van der Waals surface area contributed by atoms with Gasteiger partial charge in [0.05, 0.1) is 16.9 Å². The summed E-state index contributed by atoms with van der Waals surface area (Å²) in [5.74, 6) is -0.0527. The highest BCUT2D eigenvalue weighted by molar-refractivity contribution is 6.31. The maximum absolute atomic E-state index is 13.9. The van der Waals surface area contributed by atoms with Gasteiger partial charge in [-0.2, -0.15) is 5.10 Å². The number of ether oxygens (including phenoxy) is 1. The van der Waals surface area contributed by atoms with E-state index in [1.807, 2.05) is 12.1 Å². The number of rotatable bonds is 5. The molecule has 0 saturated carbocycles. The molecule has 0 fully saturated rings. The standard InChI is InChI=1S/C22H15Cl2FN2O2/c23-14-6-4-13(5-7-14)17-11-26-27-22(17)16-9-8-15(10-21(16)28)29-12-18-19(24)2-1-3-20(18)25/h1-11,28H,12H2,(H,26,27). The fourth-order valence-electron chi connectivity index (χ4n) is 2.98. The van der Waals surface area contributed by atoms with Crippen molar-refractivity contribution >= 4 is 23.2 Å². The molecule has 0 bridgehead atoms. The molecule has 0 atom stereocenters. The summed E-state index contributed by atoms with van der Waals surface area (Å²) in [6.45, 7) is -0.0512. The van der Waals surface area contributed by atoms with Crippen LogP contribution in [0.3, 0.4) is 0 Å². The van der Waals surface area contributed by atoms with Gasteiger partial charge in [0, 0.05) is 27.8 Å². The zero-order chi connectivity index (χ0) is 20.4. The van der Waals surface area contributed by atoms with E-state index in [4.69, 9.17) is 27.9 Å². The largest absolute Gasteiger partial charge is 0.507 e. The van der Waals surface area contributed by atoms with Crippen LogP contribution in [0, 0.1) is 5.82 Å². The van der Waals surface area contributed by atoms with Crippen LogP contribution in [0.15, 0.2) is 66.9 Å². The summed E-state index contributed by atoms with van der Waals surface area (Å²) in [7, 11) is 0. The first-order valence-electron chi connectivity index (χ1n) is 8.71. The summed E-state index contributed by atoms with van der Waals surface area (Å²) < 4.78 is 19.5. The van der Waals surface area contributed by atoms with Crippen LogP contribution in [0.5, 0.6) is 11.5 Å². The maximum atomic E-state index is 13.9. The summed E-state index contributed by atoms with van der Waals surface area (Å²) in [5, 5.41) is 18.5. The first-order valence-corrected chi connectivity index (χ1v) is 9.47. The van der Waals surface area contributed by atoms with Gasteiger partial charge in [0.25, 0.3) is 0 Å². The number of hydrogen-bond donors (Lipinski definition) is 2. The number of nitrogens with one attached hydrogen (secondary N) is 1. The number of hydrogen-bond acceptors (Lipinski definition) is 3. The summed E-state index contributed by atoms with van der Waals surface area (Å²) in [6.07, 6.45) is 1.68. The van der Waals surface area contributed by atoms with E-state index in [1.165, 1.54) is 18.2 Å². The average molecular weight is 429 g/mol. The first-order chi connectivity index (χ1) is 14.0. The van der Waals surface area contributed by atoms with Crippen LogP contribution in [0.2, 0.25) is 10.0 Å². The molecule has 146 valence electrons. The third-order valence-electron chi connectivity index (χ3n) is 4.48. The molecule has 4 nitrogen and oxygen atoms in total. The maximum Gasteiger partial charge on any atom is 0.131 e. The third kappa shape index (κ3) is 4.06. The minimum Gasteiger partial charge on any atom is -0.507 e. The monoisotopic (exact) mass is 428 g/mol. The molecule has 29 heavy (non-hydrogen) atoms. The number of benzene rings is 3. The number of H-pyrrole nitrogens is 1. The van der Waals surface area contributed by atoms with Crippen LogP contribution >= 0.6 is 23.2 Å². The predicted molar refractivity (Wildman–Crippen MR) is 112 cm³/mol. The fourth-order valence-corrected chi connectivity index (χ4v) is 3.32. The molecule has 4 rings (SSSR count). The van der Waals surface area contributed by atoms with Crippen LogP contribution in [-0.2, 0) is 6.61 Å². The number of aromatic nitrogens is 2. The molecular formula is C22H15Cl2FN2O2. The van der Waals surface area contributed by atoms with Crippen molar-refractivity contribution in [3.8, 4) is 33.9 Å². The molecule has 0 aliphatic carbocycles. The molecule has 0 saturated heterocycles. The topological polar surface area (TPSA) is 58.1 Å². The predicted octanol–water partition coefficient (Wildman–Crippen LogP) is 6.47. The zero-order valence-corrected chi connectivity index (χ0v) is 16.5. The lowest BCUT2D eigenvalue weighted by Gasteiger charge is -2.11. The minimum atomic E-state index is -0.441. The molecule has 0 unspecified atom stereocenters. The van der Waals surface area contributed by atoms with Crippen LogP contribution in [0.25, 0.3) is 22.4 Å². The first kappa shape index (κ1) is 19.3. The van der Waals surface area contributed by atoms with Gasteiger partial charge >= 0.3 is 0 Å². The Labute approximate surface area is 176 Å². The third-order valence-corrected chi connectivity index (χ3v) is 5.08. The highest BCUT2D eigenvalue weighted by Crippen LogP contribution is 2.37. The van der Waals surface area contributed by atoms with Crippen LogP contribution < -0.4 is 4.74 Å². The number of halogens is 3. The van der Waals surface area contributed by atoms with Gasteiger partial charge in [0.15, 0.2) is 0 Å².